The molecule has 1 aliphatic rings. The molecule has 0 bridgehead atoms. The van der Waals surface area contributed by atoms with E-state index in [-0.39, 0.29) is 5.41 Å². The van der Waals surface area contributed by atoms with Gasteiger partial charge in [-0.25, -0.2) is 0 Å². The molecule has 3 nitrogen and oxygen atoms in total. The highest BCUT2D eigenvalue weighted by Gasteiger charge is 2.36. The lowest BCUT2D eigenvalue weighted by Crippen LogP contribution is -2.46. The molecule has 0 aromatic carbocycles. The normalized spacial score (nSPS) is 20.5. The molecule has 3 heteroatoms. The summed E-state index contributed by atoms with van der Waals surface area (Å²) in [6.45, 7) is 7.03. The maximum atomic E-state index is 12.1. The van der Waals surface area contributed by atoms with E-state index in [1.165, 1.54) is 0 Å². The van der Waals surface area contributed by atoms with Crippen LogP contribution in [-0.4, -0.2) is 37.5 Å². The number of amides is 1. The third-order valence-electron chi connectivity index (χ3n) is 3.13. The molecule has 14 heavy (non-hydrogen) atoms. The first kappa shape index (κ1) is 11.5. The Morgan fingerprint density at radius 1 is 1.43 bits per heavy atom. The minimum Gasteiger partial charge on any atom is -0.345 e. The number of carbonyl (C=O) groups is 1. The zero-order valence-corrected chi connectivity index (χ0v) is 9.60. The van der Waals surface area contributed by atoms with Crippen LogP contribution in [0.5, 0.6) is 0 Å². The third-order valence-corrected chi connectivity index (χ3v) is 3.13. The van der Waals surface area contributed by atoms with Crippen molar-refractivity contribution in [2.45, 2.75) is 33.1 Å². The fraction of sp³-hybridized carbons (Fsp3) is 0.909. The lowest BCUT2D eigenvalue weighted by molar-refractivity contribution is -0.141. The van der Waals surface area contributed by atoms with Crippen LogP contribution in [0.4, 0.5) is 0 Å². The van der Waals surface area contributed by atoms with Crippen molar-refractivity contribution in [3.05, 3.63) is 0 Å². The van der Waals surface area contributed by atoms with Gasteiger partial charge in [-0.15, -0.1) is 0 Å². The number of piperidine rings is 1. The van der Waals surface area contributed by atoms with Crippen LogP contribution in [0.3, 0.4) is 0 Å². The molecule has 0 saturated carbocycles. The van der Waals surface area contributed by atoms with E-state index in [0.29, 0.717) is 5.91 Å². The first-order chi connectivity index (χ1) is 6.60. The molecule has 1 rings (SSSR count). The lowest BCUT2D eigenvalue weighted by Gasteiger charge is -2.35. The second-order valence-corrected chi connectivity index (χ2v) is 4.54. The summed E-state index contributed by atoms with van der Waals surface area (Å²) in [5, 5.41) is 3.29. The molecule has 1 fully saturated rings. The van der Waals surface area contributed by atoms with Crippen molar-refractivity contribution in [1.82, 2.24) is 10.2 Å². The van der Waals surface area contributed by atoms with E-state index in [1.54, 1.807) is 0 Å². The maximum Gasteiger partial charge on any atom is 0.228 e. The number of nitrogens with zero attached hydrogens (tertiary/aromatic N) is 1. The standard InChI is InChI=1S/C11H22N2O/c1-4-9-13(3)10(14)11(2)5-7-12-8-6-11/h12H,4-9H2,1-3H3. The molecular weight excluding hydrogens is 176 g/mol. The molecule has 0 radical (unpaired) electrons. The summed E-state index contributed by atoms with van der Waals surface area (Å²) in [5.41, 5.74) is -0.116. The van der Waals surface area contributed by atoms with E-state index in [9.17, 15) is 4.79 Å². The number of nitrogens with one attached hydrogen (secondary N) is 1. The lowest BCUT2D eigenvalue weighted by atomic mass is 9.80. The van der Waals surface area contributed by atoms with Gasteiger partial charge in [0.2, 0.25) is 5.91 Å². The number of rotatable bonds is 3. The van der Waals surface area contributed by atoms with Crippen LogP contribution in [0, 0.1) is 5.41 Å². The number of hydrogen-bond donors (Lipinski definition) is 1. The van der Waals surface area contributed by atoms with Crippen LogP contribution >= 0.6 is 0 Å². The highest BCUT2D eigenvalue weighted by Crippen LogP contribution is 2.29. The smallest absolute Gasteiger partial charge is 0.228 e. The summed E-state index contributed by atoms with van der Waals surface area (Å²) >= 11 is 0. The monoisotopic (exact) mass is 198 g/mol. The Balaban J connectivity index is 2.56. The summed E-state index contributed by atoms with van der Waals surface area (Å²) in [6.07, 6.45) is 2.98. The van der Waals surface area contributed by atoms with Crippen molar-refractivity contribution in [3.63, 3.8) is 0 Å². The first-order valence-electron chi connectivity index (χ1n) is 5.56. The van der Waals surface area contributed by atoms with Crippen molar-refractivity contribution in [2.24, 2.45) is 5.41 Å². The molecular formula is C11H22N2O. The van der Waals surface area contributed by atoms with E-state index in [1.807, 2.05) is 11.9 Å². The largest absolute Gasteiger partial charge is 0.345 e. The second kappa shape index (κ2) is 4.78. The van der Waals surface area contributed by atoms with Gasteiger partial charge in [-0.05, 0) is 32.4 Å². The van der Waals surface area contributed by atoms with E-state index < -0.39 is 0 Å². The Hall–Kier alpha value is -0.570. The van der Waals surface area contributed by atoms with Crippen molar-refractivity contribution in [3.8, 4) is 0 Å². The average Bonchev–Trinajstić information content (AvgIpc) is 2.18. The molecule has 0 aromatic rings. The van der Waals surface area contributed by atoms with E-state index in [2.05, 4.69) is 19.2 Å². The fourth-order valence-corrected chi connectivity index (χ4v) is 2.09. The van der Waals surface area contributed by atoms with Gasteiger partial charge in [0.05, 0.1) is 0 Å². The van der Waals surface area contributed by atoms with E-state index in [0.717, 1.165) is 38.9 Å². The molecule has 1 heterocycles. The Bertz CT molecular complexity index is 197. The maximum absolute atomic E-state index is 12.1. The van der Waals surface area contributed by atoms with Crippen LogP contribution in [0.15, 0.2) is 0 Å². The van der Waals surface area contributed by atoms with Gasteiger partial charge in [-0.3, -0.25) is 4.79 Å². The average molecular weight is 198 g/mol. The molecule has 0 aromatic heterocycles. The van der Waals surface area contributed by atoms with Gasteiger partial charge < -0.3 is 10.2 Å². The van der Waals surface area contributed by atoms with Gasteiger partial charge in [0, 0.05) is 19.0 Å². The molecule has 0 aliphatic carbocycles. The highest BCUT2D eigenvalue weighted by molar-refractivity contribution is 5.82. The minimum absolute atomic E-state index is 0.116. The zero-order chi connectivity index (χ0) is 10.6. The molecule has 1 aliphatic heterocycles. The Morgan fingerprint density at radius 2 is 2.00 bits per heavy atom. The molecule has 0 spiro atoms. The van der Waals surface area contributed by atoms with Crippen molar-refractivity contribution in [1.29, 1.82) is 0 Å². The van der Waals surface area contributed by atoms with Crippen molar-refractivity contribution < 1.29 is 4.79 Å². The Kier molecular flexibility index (Phi) is 3.93. The van der Waals surface area contributed by atoms with Gasteiger partial charge >= 0.3 is 0 Å². The molecule has 1 N–H and O–H groups in total. The SMILES string of the molecule is CCCN(C)C(=O)C1(C)CCNCC1. The van der Waals surface area contributed by atoms with Gasteiger partial charge in [0.25, 0.3) is 0 Å². The fourth-order valence-electron chi connectivity index (χ4n) is 2.09. The van der Waals surface area contributed by atoms with E-state index in [4.69, 9.17) is 0 Å². The van der Waals surface area contributed by atoms with Crippen LogP contribution < -0.4 is 5.32 Å². The summed E-state index contributed by atoms with van der Waals surface area (Å²) < 4.78 is 0. The molecule has 82 valence electrons. The predicted molar refractivity (Wildman–Crippen MR) is 58.1 cm³/mol. The number of hydrogen-bond acceptors (Lipinski definition) is 2. The summed E-state index contributed by atoms with van der Waals surface area (Å²) in [5.74, 6) is 0.320. The van der Waals surface area contributed by atoms with Crippen LogP contribution in [-0.2, 0) is 4.79 Å². The van der Waals surface area contributed by atoms with Gasteiger partial charge in [-0.2, -0.15) is 0 Å². The molecule has 0 unspecified atom stereocenters. The van der Waals surface area contributed by atoms with Gasteiger partial charge in [-0.1, -0.05) is 13.8 Å². The summed E-state index contributed by atoms with van der Waals surface area (Å²) in [4.78, 5) is 14.0. The number of carbonyl (C=O) groups excluding carboxylic acids is 1. The van der Waals surface area contributed by atoms with Gasteiger partial charge in [0.15, 0.2) is 0 Å². The quantitative estimate of drug-likeness (QED) is 0.740. The Morgan fingerprint density at radius 3 is 2.50 bits per heavy atom. The molecule has 1 amide bonds. The second-order valence-electron chi connectivity index (χ2n) is 4.54. The van der Waals surface area contributed by atoms with E-state index >= 15 is 0 Å². The predicted octanol–water partition coefficient (Wildman–Crippen LogP) is 1.24. The zero-order valence-electron chi connectivity index (χ0n) is 9.60. The topological polar surface area (TPSA) is 32.3 Å². The minimum atomic E-state index is -0.116. The molecule has 1 saturated heterocycles. The van der Waals surface area contributed by atoms with Gasteiger partial charge in [0.1, 0.15) is 0 Å². The summed E-state index contributed by atoms with van der Waals surface area (Å²) in [7, 11) is 1.92. The Labute approximate surface area is 86.9 Å². The van der Waals surface area contributed by atoms with Crippen LogP contribution in [0.1, 0.15) is 33.1 Å². The molecule has 0 atom stereocenters. The van der Waals surface area contributed by atoms with Crippen LogP contribution in [0.2, 0.25) is 0 Å². The van der Waals surface area contributed by atoms with Crippen molar-refractivity contribution in [2.75, 3.05) is 26.7 Å². The third kappa shape index (κ3) is 2.47. The van der Waals surface area contributed by atoms with Crippen molar-refractivity contribution >= 4 is 5.91 Å². The first-order valence-corrected chi connectivity index (χ1v) is 5.56. The summed E-state index contributed by atoms with van der Waals surface area (Å²) in [6, 6.07) is 0. The highest BCUT2D eigenvalue weighted by atomic mass is 16.2. The van der Waals surface area contributed by atoms with Crippen LogP contribution in [0.25, 0.3) is 0 Å².